The van der Waals surface area contributed by atoms with E-state index >= 15 is 0 Å². The Balaban J connectivity index is 3.00. The number of nitrogens with two attached hydrogens (primary N) is 1. The van der Waals surface area contributed by atoms with Crippen LogP contribution < -0.4 is 10.6 Å². The minimum atomic E-state index is 0.524. The lowest BCUT2D eigenvalue weighted by molar-refractivity contribution is 0.866. The first-order chi connectivity index (χ1) is 7.06. The van der Waals surface area contributed by atoms with Crippen molar-refractivity contribution in [3.63, 3.8) is 0 Å². The van der Waals surface area contributed by atoms with E-state index in [1.807, 2.05) is 24.1 Å². The van der Waals surface area contributed by atoms with E-state index in [4.69, 9.17) is 5.73 Å². The molecule has 0 unspecified atom stereocenters. The van der Waals surface area contributed by atoms with Crippen molar-refractivity contribution in [3.05, 3.63) is 29.8 Å². The molecule has 0 fully saturated rings. The van der Waals surface area contributed by atoms with E-state index in [1.165, 1.54) is 5.56 Å². The highest BCUT2D eigenvalue weighted by Gasteiger charge is 2.06. The van der Waals surface area contributed by atoms with Gasteiger partial charge in [0.15, 0.2) is 5.96 Å². The fraction of sp³-hybridized carbons (Fsp3) is 0.417. The third-order valence-electron chi connectivity index (χ3n) is 2.50. The van der Waals surface area contributed by atoms with Gasteiger partial charge in [-0.25, -0.2) is 0 Å². The molecule has 0 saturated heterocycles. The molecule has 1 aromatic rings. The van der Waals surface area contributed by atoms with Crippen LogP contribution in [-0.2, 0) is 0 Å². The first kappa shape index (κ1) is 11.6. The van der Waals surface area contributed by atoms with Gasteiger partial charge in [-0.2, -0.15) is 0 Å². The molecule has 0 saturated carbocycles. The van der Waals surface area contributed by atoms with E-state index in [1.54, 1.807) is 7.05 Å². The molecule has 3 nitrogen and oxygen atoms in total. The summed E-state index contributed by atoms with van der Waals surface area (Å²) >= 11 is 0. The van der Waals surface area contributed by atoms with Crippen LogP contribution >= 0.6 is 0 Å². The van der Waals surface area contributed by atoms with Crippen LogP contribution in [-0.4, -0.2) is 20.1 Å². The highest BCUT2D eigenvalue weighted by atomic mass is 15.2. The summed E-state index contributed by atoms with van der Waals surface area (Å²) in [5, 5.41) is 0. The van der Waals surface area contributed by atoms with E-state index in [-0.39, 0.29) is 0 Å². The quantitative estimate of drug-likeness (QED) is 0.594. The van der Waals surface area contributed by atoms with Gasteiger partial charge in [0, 0.05) is 19.8 Å². The summed E-state index contributed by atoms with van der Waals surface area (Å²) in [4.78, 5) is 5.84. The Morgan fingerprint density at radius 1 is 1.40 bits per heavy atom. The minimum Gasteiger partial charge on any atom is -0.370 e. The molecule has 0 heterocycles. The van der Waals surface area contributed by atoms with Crippen molar-refractivity contribution in [3.8, 4) is 0 Å². The van der Waals surface area contributed by atoms with Crippen LogP contribution in [0.2, 0.25) is 0 Å². The second-order valence-electron chi connectivity index (χ2n) is 3.89. The third-order valence-corrected chi connectivity index (χ3v) is 2.50. The Bertz CT molecular complexity index is 356. The van der Waals surface area contributed by atoms with Gasteiger partial charge >= 0.3 is 0 Å². The van der Waals surface area contributed by atoms with Crippen molar-refractivity contribution in [2.45, 2.75) is 19.8 Å². The highest BCUT2D eigenvalue weighted by Crippen LogP contribution is 2.20. The van der Waals surface area contributed by atoms with E-state index in [2.05, 4.69) is 31.0 Å². The summed E-state index contributed by atoms with van der Waals surface area (Å²) in [7, 11) is 3.61. The number of rotatable bonds is 2. The minimum absolute atomic E-state index is 0.524. The number of hydrogen-bond donors (Lipinski definition) is 1. The standard InChI is InChI=1S/C12H19N3/c1-9(2)10-6-5-7-11(8-10)15(4)12(13)14-3/h5-9H,1-4H3,(H2,13,14). The predicted octanol–water partition coefficient (Wildman–Crippen LogP) is 2.19. The van der Waals surface area contributed by atoms with E-state index in [0.717, 1.165) is 5.69 Å². The summed E-state index contributed by atoms with van der Waals surface area (Å²) in [5.41, 5.74) is 8.13. The van der Waals surface area contributed by atoms with Crippen LogP contribution in [0.4, 0.5) is 5.69 Å². The number of nitrogens with zero attached hydrogens (tertiary/aromatic N) is 2. The van der Waals surface area contributed by atoms with Crippen LogP contribution in [0.1, 0.15) is 25.3 Å². The normalized spacial score (nSPS) is 11.9. The molecule has 15 heavy (non-hydrogen) atoms. The van der Waals surface area contributed by atoms with E-state index in [9.17, 15) is 0 Å². The predicted molar refractivity (Wildman–Crippen MR) is 66.5 cm³/mol. The Morgan fingerprint density at radius 3 is 2.60 bits per heavy atom. The van der Waals surface area contributed by atoms with Gasteiger partial charge in [-0.3, -0.25) is 4.99 Å². The van der Waals surface area contributed by atoms with E-state index in [0.29, 0.717) is 11.9 Å². The second kappa shape index (κ2) is 4.82. The summed E-state index contributed by atoms with van der Waals surface area (Å²) in [5.74, 6) is 1.05. The maximum atomic E-state index is 5.75. The van der Waals surface area contributed by atoms with Crippen molar-refractivity contribution in [2.75, 3.05) is 19.0 Å². The van der Waals surface area contributed by atoms with Crippen LogP contribution in [0, 0.1) is 0 Å². The first-order valence-electron chi connectivity index (χ1n) is 5.12. The lowest BCUT2D eigenvalue weighted by Crippen LogP contribution is -2.33. The molecule has 1 aromatic carbocycles. The molecule has 2 N–H and O–H groups in total. The van der Waals surface area contributed by atoms with Gasteiger partial charge in [0.2, 0.25) is 0 Å². The summed E-state index contributed by atoms with van der Waals surface area (Å²) in [6.45, 7) is 4.35. The number of benzene rings is 1. The van der Waals surface area contributed by atoms with Crippen LogP contribution in [0.3, 0.4) is 0 Å². The van der Waals surface area contributed by atoms with Crippen LogP contribution in [0.25, 0.3) is 0 Å². The van der Waals surface area contributed by atoms with Crippen molar-refractivity contribution in [2.24, 2.45) is 10.7 Å². The molecule has 0 bridgehead atoms. The molecule has 3 heteroatoms. The van der Waals surface area contributed by atoms with Gasteiger partial charge in [0.1, 0.15) is 0 Å². The molecule has 0 aliphatic carbocycles. The Morgan fingerprint density at radius 2 is 2.07 bits per heavy atom. The van der Waals surface area contributed by atoms with Crippen molar-refractivity contribution < 1.29 is 0 Å². The molecule has 0 spiro atoms. The van der Waals surface area contributed by atoms with Gasteiger partial charge in [0.25, 0.3) is 0 Å². The van der Waals surface area contributed by atoms with Gasteiger partial charge in [-0.1, -0.05) is 26.0 Å². The average Bonchev–Trinajstić information content (AvgIpc) is 2.27. The number of guanidine groups is 1. The maximum Gasteiger partial charge on any atom is 0.195 e. The Kier molecular flexibility index (Phi) is 3.72. The maximum absolute atomic E-state index is 5.75. The topological polar surface area (TPSA) is 41.6 Å². The zero-order chi connectivity index (χ0) is 11.4. The smallest absolute Gasteiger partial charge is 0.195 e. The molecule has 0 atom stereocenters. The molecule has 0 radical (unpaired) electrons. The largest absolute Gasteiger partial charge is 0.370 e. The SMILES string of the molecule is CN=C(N)N(C)c1cccc(C(C)C)c1. The lowest BCUT2D eigenvalue weighted by atomic mass is 10.0. The fourth-order valence-electron chi connectivity index (χ4n) is 1.37. The lowest BCUT2D eigenvalue weighted by Gasteiger charge is -2.19. The van der Waals surface area contributed by atoms with Gasteiger partial charge in [-0.05, 0) is 23.6 Å². The van der Waals surface area contributed by atoms with Gasteiger partial charge in [-0.15, -0.1) is 0 Å². The summed E-state index contributed by atoms with van der Waals surface area (Å²) in [6.07, 6.45) is 0. The Hall–Kier alpha value is -1.51. The molecule has 0 aliphatic heterocycles. The molecular formula is C12H19N3. The summed E-state index contributed by atoms with van der Waals surface area (Å²) in [6, 6.07) is 8.35. The average molecular weight is 205 g/mol. The molecular weight excluding hydrogens is 186 g/mol. The van der Waals surface area contributed by atoms with Crippen molar-refractivity contribution >= 4 is 11.6 Å². The molecule has 0 aromatic heterocycles. The zero-order valence-electron chi connectivity index (χ0n) is 9.86. The highest BCUT2D eigenvalue weighted by molar-refractivity contribution is 5.94. The van der Waals surface area contributed by atoms with Crippen LogP contribution in [0.15, 0.2) is 29.3 Å². The van der Waals surface area contributed by atoms with E-state index < -0.39 is 0 Å². The fourth-order valence-corrected chi connectivity index (χ4v) is 1.37. The zero-order valence-corrected chi connectivity index (χ0v) is 9.86. The number of hydrogen-bond acceptors (Lipinski definition) is 1. The third kappa shape index (κ3) is 2.72. The number of aliphatic imine (C=N–C) groups is 1. The van der Waals surface area contributed by atoms with Crippen LogP contribution in [0.5, 0.6) is 0 Å². The molecule has 1 rings (SSSR count). The molecule has 82 valence electrons. The van der Waals surface area contributed by atoms with Crippen molar-refractivity contribution in [1.82, 2.24) is 0 Å². The van der Waals surface area contributed by atoms with Gasteiger partial charge < -0.3 is 10.6 Å². The summed E-state index contributed by atoms with van der Waals surface area (Å²) < 4.78 is 0. The molecule has 0 amide bonds. The van der Waals surface area contributed by atoms with Gasteiger partial charge in [0.05, 0.1) is 0 Å². The first-order valence-corrected chi connectivity index (χ1v) is 5.12. The van der Waals surface area contributed by atoms with Crippen molar-refractivity contribution in [1.29, 1.82) is 0 Å². The monoisotopic (exact) mass is 205 g/mol. The molecule has 0 aliphatic rings. The second-order valence-corrected chi connectivity index (χ2v) is 3.89. The number of anilines is 1. The Labute approximate surface area is 91.6 Å².